The quantitative estimate of drug-likeness (QED) is 0.725. The maximum absolute atomic E-state index is 5.19. The molecule has 0 atom stereocenters. The van der Waals surface area contributed by atoms with E-state index in [9.17, 15) is 0 Å². The van der Waals surface area contributed by atoms with Crippen LogP contribution in [0.1, 0.15) is 16.8 Å². The number of furan rings is 1. The summed E-state index contributed by atoms with van der Waals surface area (Å²) in [5, 5.41) is 4.66. The summed E-state index contributed by atoms with van der Waals surface area (Å²) in [6.45, 7) is 2.71. The van der Waals surface area contributed by atoms with Gasteiger partial charge in [0.2, 0.25) is 0 Å². The van der Waals surface area contributed by atoms with Gasteiger partial charge in [0.15, 0.2) is 0 Å². The fourth-order valence-corrected chi connectivity index (χ4v) is 3.12. The highest BCUT2D eigenvalue weighted by Crippen LogP contribution is 2.32. The predicted octanol–water partition coefficient (Wildman–Crippen LogP) is 2.53. The number of rotatable bonds is 2. The third-order valence-corrected chi connectivity index (χ3v) is 4.11. The second-order valence-corrected chi connectivity index (χ2v) is 5.74. The molecular formula is C16H18N4O. The Morgan fingerprint density at radius 3 is 2.95 bits per heavy atom. The fraction of sp³-hybridized carbons (Fsp3) is 0.312. The van der Waals surface area contributed by atoms with Gasteiger partial charge in [-0.05, 0) is 12.1 Å². The Bertz CT molecular complexity index is 766. The molecule has 1 aliphatic rings. The average molecular weight is 282 g/mol. The first-order chi connectivity index (χ1) is 10.2. The molecule has 0 fully saturated rings. The first-order valence-electron chi connectivity index (χ1n) is 7.11. The molecule has 5 nitrogen and oxygen atoms in total. The van der Waals surface area contributed by atoms with E-state index in [0.29, 0.717) is 0 Å². The van der Waals surface area contributed by atoms with Crippen LogP contribution in [0.5, 0.6) is 0 Å². The highest BCUT2D eigenvalue weighted by Gasteiger charge is 2.24. The minimum absolute atomic E-state index is 0.884. The first-order valence-corrected chi connectivity index (χ1v) is 7.11. The average Bonchev–Trinajstić information content (AvgIpc) is 3.12. The Balaban J connectivity index is 1.76. The van der Waals surface area contributed by atoms with E-state index in [2.05, 4.69) is 40.1 Å². The molecule has 3 aromatic heterocycles. The highest BCUT2D eigenvalue weighted by atomic mass is 16.3. The van der Waals surface area contributed by atoms with Crippen molar-refractivity contribution in [3.63, 3.8) is 0 Å². The normalized spacial score (nSPS) is 14.8. The SMILES string of the molecule is Cn1cc2c(n1)-c1ccn(C)c1CN(Cc1ccoc1)C2. The van der Waals surface area contributed by atoms with Crippen LogP contribution >= 0.6 is 0 Å². The van der Waals surface area contributed by atoms with Crippen LogP contribution in [0.25, 0.3) is 11.3 Å². The van der Waals surface area contributed by atoms with E-state index < -0.39 is 0 Å². The van der Waals surface area contributed by atoms with Gasteiger partial charge in [-0.3, -0.25) is 9.58 Å². The van der Waals surface area contributed by atoms with Gasteiger partial charge in [-0.15, -0.1) is 0 Å². The van der Waals surface area contributed by atoms with Crippen LogP contribution < -0.4 is 0 Å². The van der Waals surface area contributed by atoms with Gasteiger partial charge in [-0.25, -0.2) is 0 Å². The molecule has 4 heterocycles. The smallest absolute Gasteiger partial charge is 0.0986 e. The van der Waals surface area contributed by atoms with Crippen LogP contribution in [-0.4, -0.2) is 19.2 Å². The van der Waals surface area contributed by atoms with Crippen LogP contribution in [0.4, 0.5) is 0 Å². The largest absolute Gasteiger partial charge is 0.472 e. The lowest BCUT2D eigenvalue weighted by molar-refractivity contribution is 0.244. The summed E-state index contributed by atoms with van der Waals surface area (Å²) in [5.41, 5.74) is 6.17. The van der Waals surface area contributed by atoms with Crippen LogP contribution in [0.2, 0.25) is 0 Å². The summed E-state index contributed by atoms with van der Waals surface area (Å²) < 4.78 is 9.29. The Kier molecular flexibility index (Phi) is 2.75. The second-order valence-electron chi connectivity index (χ2n) is 5.74. The molecule has 1 aliphatic heterocycles. The second kappa shape index (κ2) is 4.63. The van der Waals surface area contributed by atoms with Gasteiger partial charge in [-0.2, -0.15) is 5.10 Å². The van der Waals surface area contributed by atoms with Crippen molar-refractivity contribution < 1.29 is 4.42 Å². The van der Waals surface area contributed by atoms with Crippen molar-refractivity contribution >= 4 is 0 Å². The Morgan fingerprint density at radius 1 is 1.24 bits per heavy atom. The van der Waals surface area contributed by atoms with Crippen molar-refractivity contribution in [3.05, 3.63) is 53.9 Å². The van der Waals surface area contributed by atoms with Gasteiger partial charge in [0, 0.05) is 68.5 Å². The van der Waals surface area contributed by atoms with Crippen LogP contribution in [0.3, 0.4) is 0 Å². The van der Waals surface area contributed by atoms with Gasteiger partial charge in [0.1, 0.15) is 0 Å². The maximum atomic E-state index is 5.19. The lowest BCUT2D eigenvalue weighted by atomic mass is 10.1. The summed E-state index contributed by atoms with van der Waals surface area (Å²) in [5.74, 6) is 0. The zero-order chi connectivity index (χ0) is 14.4. The molecule has 0 spiro atoms. The Hall–Kier alpha value is -2.27. The third kappa shape index (κ3) is 2.10. The summed E-state index contributed by atoms with van der Waals surface area (Å²) in [6.07, 6.45) is 7.79. The van der Waals surface area contributed by atoms with E-state index in [1.807, 2.05) is 24.1 Å². The summed E-state index contributed by atoms with van der Waals surface area (Å²) in [4.78, 5) is 2.43. The molecule has 0 N–H and O–H groups in total. The highest BCUT2D eigenvalue weighted by molar-refractivity contribution is 5.66. The van der Waals surface area contributed by atoms with Gasteiger partial charge < -0.3 is 8.98 Å². The van der Waals surface area contributed by atoms with Crippen molar-refractivity contribution in [1.29, 1.82) is 0 Å². The van der Waals surface area contributed by atoms with Crippen molar-refractivity contribution in [2.75, 3.05) is 0 Å². The van der Waals surface area contributed by atoms with E-state index in [-0.39, 0.29) is 0 Å². The lowest BCUT2D eigenvalue weighted by Gasteiger charge is -2.20. The number of hydrogen-bond acceptors (Lipinski definition) is 3. The number of nitrogens with zero attached hydrogens (tertiary/aromatic N) is 4. The van der Waals surface area contributed by atoms with Crippen molar-refractivity contribution in [1.82, 2.24) is 19.2 Å². The molecule has 0 saturated heterocycles. The minimum atomic E-state index is 0.884. The number of hydrogen-bond donors (Lipinski definition) is 0. The van der Waals surface area contributed by atoms with Gasteiger partial charge in [0.05, 0.1) is 18.2 Å². The molecule has 108 valence electrons. The van der Waals surface area contributed by atoms with Gasteiger partial charge in [0.25, 0.3) is 0 Å². The summed E-state index contributed by atoms with van der Waals surface area (Å²) >= 11 is 0. The molecule has 0 bridgehead atoms. The molecule has 0 aromatic carbocycles. The predicted molar refractivity (Wildman–Crippen MR) is 79.3 cm³/mol. The summed E-state index contributed by atoms with van der Waals surface area (Å²) in [7, 11) is 4.08. The molecule has 5 heteroatoms. The number of aromatic nitrogens is 3. The lowest BCUT2D eigenvalue weighted by Crippen LogP contribution is -2.22. The zero-order valence-corrected chi connectivity index (χ0v) is 12.3. The van der Waals surface area contributed by atoms with Crippen molar-refractivity contribution in [2.45, 2.75) is 19.6 Å². The molecular weight excluding hydrogens is 264 g/mol. The van der Waals surface area contributed by atoms with E-state index in [1.54, 1.807) is 6.26 Å². The van der Waals surface area contributed by atoms with Gasteiger partial charge >= 0.3 is 0 Å². The fourth-order valence-electron chi connectivity index (χ4n) is 3.12. The molecule has 3 aromatic rings. The molecule has 21 heavy (non-hydrogen) atoms. The molecule has 0 aliphatic carbocycles. The van der Waals surface area contributed by atoms with Crippen molar-refractivity contribution in [2.24, 2.45) is 14.1 Å². The molecule has 0 unspecified atom stereocenters. The maximum Gasteiger partial charge on any atom is 0.0986 e. The molecule has 4 rings (SSSR count). The number of aryl methyl sites for hydroxylation is 2. The van der Waals surface area contributed by atoms with E-state index in [1.165, 1.54) is 22.4 Å². The monoisotopic (exact) mass is 282 g/mol. The summed E-state index contributed by atoms with van der Waals surface area (Å²) in [6, 6.07) is 4.20. The zero-order valence-electron chi connectivity index (χ0n) is 12.3. The minimum Gasteiger partial charge on any atom is -0.472 e. The van der Waals surface area contributed by atoms with E-state index in [0.717, 1.165) is 25.3 Å². The topological polar surface area (TPSA) is 39.1 Å². The first kappa shape index (κ1) is 12.5. The number of fused-ring (bicyclic) bond motifs is 3. The standard InChI is InChI=1S/C16H18N4O/c1-18-5-3-14-15(18)10-20(7-12-4-6-21-11-12)9-13-8-19(2)17-16(13)14/h3-6,8,11H,7,9-10H2,1-2H3. The van der Waals surface area contributed by atoms with Crippen molar-refractivity contribution in [3.8, 4) is 11.3 Å². The van der Waals surface area contributed by atoms with Crippen LogP contribution in [-0.2, 0) is 33.7 Å². The van der Waals surface area contributed by atoms with E-state index >= 15 is 0 Å². The van der Waals surface area contributed by atoms with Crippen LogP contribution in [0.15, 0.2) is 41.5 Å². The Morgan fingerprint density at radius 2 is 2.14 bits per heavy atom. The third-order valence-electron chi connectivity index (χ3n) is 4.11. The molecule has 0 amide bonds. The van der Waals surface area contributed by atoms with Crippen LogP contribution in [0, 0.1) is 0 Å². The Labute approximate surface area is 123 Å². The molecule has 0 radical (unpaired) electrons. The molecule has 0 saturated carbocycles. The van der Waals surface area contributed by atoms with E-state index in [4.69, 9.17) is 4.42 Å². The van der Waals surface area contributed by atoms with Gasteiger partial charge in [-0.1, -0.05) is 0 Å².